The maximum Gasteiger partial charge on any atom is 0.212 e. The molecule has 18 heavy (non-hydrogen) atoms. The Morgan fingerprint density at radius 3 is 2.83 bits per heavy atom. The Morgan fingerprint density at radius 2 is 2.28 bits per heavy atom. The first-order valence-electron chi connectivity index (χ1n) is 5.17. The van der Waals surface area contributed by atoms with Crippen molar-refractivity contribution in [3.8, 4) is 5.75 Å². The van der Waals surface area contributed by atoms with E-state index in [1.165, 1.54) is 30.6 Å². The molecule has 0 bridgehead atoms. The molecule has 0 saturated heterocycles. The lowest BCUT2D eigenvalue weighted by molar-refractivity contribution is 0.103. The van der Waals surface area contributed by atoms with Gasteiger partial charge in [0.05, 0.1) is 7.11 Å². The number of ketones is 1. The molecule has 4 nitrogen and oxygen atoms in total. The minimum absolute atomic E-state index is 0.112. The largest absolute Gasteiger partial charge is 0.494 e. The summed E-state index contributed by atoms with van der Waals surface area (Å²) in [6.45, 7) is 0. The Hall–Kier alpha value is -1.95. The maximum atomic E-state index is 13.5. The number of nitrogens with one attached hydrogen (secondary N) is 1. The normalized spacial score (nSPS) is 10.2. The van der Waals surface area contributed by atoms with Crippen molar-refractivity contribution in [3.63, 3.8) is 0 Å². The van der Waals surface area contributed by atoms with E-state index < -0.39 is 5.82 Å². The Morgan fingerprint density at radius 1 is 1.50 bits per heavy atom. The number of hydrogen-bond acceptors (Lipinski definition) is 5. The van der Waals surface area contributed by atoms with Crippen LogP contribution in [-0.2, 0) is 0 Å². The summed E-state index contributed by atoms with van der Waals surface area (Å²) in [5, 5.41) is 5.13. The summed E-state index contributed by atoms with van der Waals surface area (Å²) >= 11 is 1.32. The maximum absolute atomic E-state index is 13.5. The highest BCUT2D eigenvalue weighted by molar-refractivity contribution is 7.13. The lowest BCUT2D eigenvalue weighted by Gasteiger charge is -2.03. The molecule has 0 radical (unpaired) electrons. The molecule has 0 aliphatic heterocycles. The monoisotopic (exact) mass is 266 g/mol. The molecule has 0 unspecified atom stereocenters. The zero-order valence-electron chi connectivity index (χ0n) is 9.86. The number of carbonyl (C=O) groups is 1. The fraction of sp³-hybridized carbons (Fsp3) is 0.167. The highest BCUT2D eigenvalue weighted by Crippen LogP contribution is 2.21. The number of aromatic nitrogens is 1. The van der Waals surface area contributed by atoms with Crippen LogP contribution in [0.2, 0.25) is 0 Å². The molecule has 0 aliphatic rings. The van der Waals surface area contributed by atoms with Crippen LogP contribution in [0, 0.1) is 5.82 Å². The van der Waals surface area contributed by atoms with E-state index >= 15 is 0 Å². The molecule has 0 spiro atoms. The molecule has 1 aromatic carbocycles. The third kappa shape index (κ3) is 2.33. The minimum Gasteiger partial charge on any atom is -0.494 e. The topological polar surface area (TPSA) is 51.2 Å². The number of nitrogens with zero attached hydrogens (tertiary/aromatic N) is 1. The molecule has 0 fully saturated rings. The summed E-state index contributed by atoms with van der Waals surface area (Å²) in [4.78, 5) is 16.1. The van der Waals surface area contributed by atoms with E-state index in [0.29, 0.717) is 10.8 Å². The van der Waals surface area contributed by atoms with Crippen molar-refractivity contribution >= 4 is 22.3 Å². The lowest BCUT2D eigenvalue weighted by Crippen LogP contribution is -2.03. The van der Waals surface area contributed by atoms with E-state index in [4.69, 9.17) is 4.74 Å². The summed E-state index contributed by atoms with van der Waals surface area (Å²) in [5.74, 6) is -0.762. The Balaban J connectivity index is 2.31. The van der Waals surface area contributed by atoms with Gasteiger partial charge in [-0.1, -0.05) is 0 Å². The van der Waals surface area contributed by atoms with Gasteiger partial charge < -0.3 is 10.1 Å². The third-order valence-corrected chi connectivity index (χ3v) is 3.22. The molecule has 1 heterocycles. The predicted octanol–water partition coefficient (Wildman–Crippen LogP) is 2.56. The molecule has 1 aromatic heterocycles. The Bertz CT molecular complexity index is 583. The van der Waals surface area contributed by atoms with Gasteiger partial charge in [-0.3, -0.25) is 4.79 Å². The van der Waals surface area contributed by atoms with Crippen molar-refractivity contribution in [3.05, 3.63) is 40.7 Å². The van der Waals surface area contributed by atoms with Gasteiger partial charge in [-0.05, 0) is 18.2 Å². The van der Waals surface area contributed by atoms with Crippen LogP contribution in [-0.4, -0.2) is 24.9 Å². The second kappa shape index (κ2) is 5.14. The number of carbonyl (C=O) groups excluding carboxylic acids is 1. The first kappa shape index (κ1) is 12.5. The molecule has 0 saturated carbocycles. The first-order valence-corrected chi connectivity index (χ1v) is 6.05. The molecular weight excluding hydrogens is 255 g/mol. The number of benzene rings is 1. The number of ether oxygens (including phenoxy) is 1. The zero-order valence-corrected chi connectivity index (χ0v) is 10.7. The highest BCUT2D eigenvalue weighted by Gasteiger charge is 2.15. The molecule has 2 rings (SSSR count). The lowest BCUT2D eigenvalue weighted by atomic mass is 10.1. The molecule has 94 valence electrons. The molecule has 0 atom stereocenters. The summed E-state index contributed by atoms with van der Waals surface area (Å²) in [6, 6.07) is 4.09. The van der Waals surface area contributed by atoms with Crippen LogP contribution in [0.15, 0.2) is 23.6 Å². The molecule has 0 amide bonds. The predicted molar refractivity (Wildman–Crippen MR) is 68.0 cm³/mol. The van der Waals surface area contributed by atoms with Gasteiger partial charge in [0.25, 0.3) is 0 Å². The highest BCUT2D eigenvalue weighted by atomic mass is 32.1. The van der Waals surface area contributed by atoms with Crippen LogP contribution in [0.4, 0.5) is 9.52 Å². The van der Waals surface area contributed by atoms with E-state index in [2.05, 4.69) is 10.3 Å². The quantitative estimate of drug-likeness (QED) is 0.864. The minimum atomic E-state index is -0.563. The van der Waals surface area contributed by atoms with Crippen LogP contribution in [0.5, 0.6) is 5.75 Å². The van der Waals surface area contributed by atoms with Gasteiger partial charge in [-0.15, -0.1) is 11.3 Å². The van der Waals surface area contributed by atoms with Crippen LogP contribution in [0.3, 0.4) is 0 Å². The van der Waals surface area contributed by atoms with Crippen LogP contribution < -0.4 is 10.1 Å². The van der Waals surface area contributed by atoms with Crippen molar-refractivity contribution in [1.82, 2.24) is 4.98 Å². The van der Waals surface area contributed by atoms with E-state index in [9.17, 15) is 9.18 Å². The van der Waals surface area contributed by atoms with Crippen LogP contribution in [0.1, 0.15) is 16.1 Å². The van der Waals surface area contributed by atoms with E-state index in [1.54, 1.807) is 12.4 Å². The number of thiazole rings is 1. The van der Waals surface area contributed by atoms with Crippen molar-refractivity contribution in [1.29, 1.82) is 0 Å². The fourth-order valence-electron chi connectivity index (χ4n) is 1.45. The van der Waals surface area contributed by atoms with Gasteiger partial charge in [-0.2, -0.15) is 0 Å². The van der Waals surface area contributed by atoms with Crippen molar-refractivity contribution in [2.24, 2.45) is 0 Å². The molecule has 6 heteroatoms. The second-order valence-corrected chi connectivity index (χ2v) is 4.32. The van der Waals surface area contributed by atoms with Crippen LogP contribution >= 0.6 is 11.3 Å². The SMILES string of the molecule is CNc1nc(C(=O)c2ccc(OC)c(F)c2)cs1. The number of hydrogen-bond donors (Lipinski definition) is 1. The Kier molecular flexibility index (Phi) is 3.57. The number of anilines is 1. The summed E-state index contributed by atoms with van der Waals surface area (Å²) < 4.78 is 18.3. The first-order chi connectivity index (χ1) is 8.65. The summed E-state index contributed by atoms with van der Waals surface area (Å²) in [7, 11) is 3.10. The molecule has 2 aromatic rings. The van der Waals surface area contributed by atoms with Crippen LogP contribution in [0.25, 0.3) is 0 Å². The number of methoxy groups -OCH3 is 1. The smallest absolute Gasteiger partial charge is 0.212 e. The summed E-state index contributed by atoms with van der Waals surface area (Å²) in [6.07, 6.45) is 0. The second-order valence-electron chi connectivity index (χ2n) is 3.47. The van der Waals surface area contributed by atoms with Crippen molar-refractivity contribution < 1.29 is 13.9 Å². The number of halogens is 1. The van der Waals surface area contributed by atoms with Gasteiger partial charge in [0.15, 0.2) is 16.7 Å². The third-order valence-electron chi connectivity index (χ3n) is 2.36. The van der Waals surface area contributed by atoms with Crippen molar-refractivity contribution in [2.75, 3.05) is 19.5 Å². The molecule has 0 aliphatic carbocycles. The molecular formula is C12H11FN2O2S. The van der Waals surface area contributed by atoms with E-state index in [1.807, 2.05) is 0 Å². The van der Waals surface area contributed by atoms with Gasteiger partial charge in [0.2, 0.25) is 5.78 Å². The van der Waals surface area contributed by atoms with Gasteiger partial charge in [0, 0.05) is 18.0 Å². The van der Waals surface area contributed by atoms with E-state index in [0.717, 1.165) is 6.07 Å². The fourth-order valence-corrected chi connectivity index (χ4v) is 2.10. The average Bonchev–Trinajstić information content (AvgIpc) is 2.86. The molecule has 1 N–H and O–H groups in total. The average molecular weight is 266 g/mol. The van der Waals surface area contributed by atoms with Crippen molar-refractivity contribution in [2.45, 2.75) is 0 Å². The standard InChI is InChI=1S/C12H11FN2O2S/c1-14-12-15-9(6-18-12)11(16)7-3-4-10(17-2)8(13)5-7/h3-6H,1-2H3,(H,14,15). The van der Waals surface area contributed by atoms with Gasteiger partial charge in [0.1, 0.15) is 5.69 Å². The number of rotatable bonds is 4. The van der Waals surface area contributed by atoms with E-state index in [-0.39, 0.29) is 17.1 Å². The Labute approximate surface area is 107 Å². The summed E-state index contributed by atoms with van der Waals surface area (Å²) in [5.41, 5.74) is 0.551. The van der Waals surface area contributed by atoms with Gasteiger partial charge >= 0.3 is 0 Å². The van der Waals surface area contributed by atoms with Gasteiger partial charge in [-0.25, -0.2) is 9.37 Å². The zero-order chi connectivity index (χ0) is 13.1.